The first-order valence-electron chi connectivity index (χ1n) is 4.90. The van der Waals surface area contributed by atoms with E-state index in [2.05, 4.69) is 19.7 Å². The van der Waals surface area contributed by atoms with E-state index >= 15 is 0 Å². The monoisotopic (exact) mass is 220 g/mol. The van der Waals surface area contributed by atoms with Crippen molar-refractivity contribution in [3.05, 3.63) is 24.4 Å². The number of ether oxygens (including phenoxy) is 1. The van der Waals surface area contributed by atoms with Crippen LogP contribution in [0.25, 0.3) is 11.5 Å². The van der Waals surface area contributed by atoms with E-state index in [0.29, 0.717) is 11.5 Å². The molecule has 0 bridgehead atoms. The zero-order chi connectivity index (χ0) is 11.5. The Morgan fingerprint density at radius 3 is 3.06 bits per heavy atom. The number of nitrogens with zero attached hydrogens (tertiary/aromatic N) is 3. The summed E-state index contributed by atoms with van der Waals surface area (Å²) >= 11 is 0. The summed E-state index contributed by atoms with van der Waals surface area (Å²) < 4.78 is 6.52. The van der Waals surface area contributed by atoms with Crippen molar-refractivity contribution >= 4 is 5.97 Å². The number of hydrogen-bond donors (Lipinski definition) is 1. The van der Waals surface area contributed by atoms with Gasteiger partial charge in [0.2, 0.25) is 0 Å². The maximum atomic E-state index is 11.2. The summed E-state index contributed by atoms with van der Waals surface area (Å²) in [5.74, 6) is 0.182. The number of carbonyl (C=O) groups is 1. The Kier molecular flexibility index (Phi) is 2.72. The van der Waals surface area contributed by atoms with E-state index in [0.717, 1.165) is 12.2 Å². The Morgan fingerprint density at radius 1 is 1.56 bits per heavy atom. The van der Waals surface area contributed by atoms with Crippen molar-refractivity contribution in [3.8, 4) is 11.5 Å². The van der Waals surface area contributed by atoms with Crippen molar-refractivity contribution in [3.63, 3.8) is 0 Å². The van der Waals surface area contributed by atoms with Gasteiger partial charge in [-0.1, -0.05) is 0 Å². The number of nitrogens with one attached hydrogen (secondary N) is 1. The van der Waals surface area contributed by atoms with E-state index < -0.39 is 5.97 Å². The highest BCUT2D eigenvalue weighted by Gasteiger charge is 2.12. The van der Waals surface area contributed by atoms with Crippen molar-refractivity contribution in [2.24, 2.45) is 0 Å². The summed E-state index contributed by atoms with van der Waals surface area (Å²) in [6.07, 6.45) is 4.87. The summed E-state index contributed by atoms with van der Waals surface area (Å²) in [5.41, 5.74) is 1.18. The highest BCUT2D eigenvalue weighted by molar-refractivity contribution is 5.87. The molecule has 0 aliphatic carbocycles. The predicted octanol–water partition coefficient (Wildman–Crippen LogP) is 1.08. The van der Waals surface area contributed by atoms with E-state index in [9.17, 15) is 4.79 Å². The molecular weight excluding hydrogens is 208 g/mol. The predicted molar refractivity (Wildman–Crippen MR) is 56.8 cm³/mol. The number of aryl methyl sites for hydroxylation is 1. The molecule has 0 aliphatic heterocycles. The molecule has 84 valence electrons. The Bertz CT molecular complexity index is 500. The zero-order valence-corrected chi connectivity index (χ0v) is 9.10. The van der Waals surface area contributed by atoms with Gasteiger partial charge in [0.15, 0.2) is 5.82 Å². The van der Waals surface area contributed by atoms with Crippen molar-refractivity contribution < 1.29 is 9.53 Å². The van der Waals surface area contributed by atoms with Gasteiger partial charge in [0.1, 0.15) is 11.4 Å². The number of esters is 1. The molecule has 0 spiro atoms. The smallest absolute Gasteiger partial charge is 0.356 e. The van der Waals surface area contributed by atoms with Crippen LogP contribution in [0, 0.1) is 0 Å². The SMILES string of the molecule is CCn1cncc1-c1ncc(C(=O)OC)[nH]1. The number of methoxy groups -OCH3 is 1. The molecule has 2 rings (SSSR count). The molecular formula is C10H12N4O2. The van der Waals surface area contributed by atoms with Crippen molar-refractivity contribution in [1.82, 2.24) is 19.5 Å². The fraction of sp³-hybridized carbons (Fsp3) is 0.300. The average molecular weight is 220 g/mol. The largest absolute Gasteiger partial charge is 0.464 e. The standard InChI is InChI=1S/C10H12N4O2/c1-3-14-6-11-5-8(14)9-12-4-7(13-9)10(15)16-2/h4-6H,3H2,1-2H3,(H,12,13). The lowest BCUT2D eigenvalue weighted by molar-refractivity contribution is 0.0595. The highest BCUT2D eigenvalue weighted by Crippen LogP contribution is 2.15. The highest BCUT2D eigenvalue weighted by atomic mass is 16.5. The van der Waals surface area contributed by atoms with Crippen LogP contribution in [0.5, 0.6) is 0 Å². The fourth-order valence-electron chi connectivity index (χ4n) is 1.44. The fourth-order valence-corrected chi connectivity index (χ4v) is 1.44. The number of imidazole rings is 2. The van der Waals surface area contributed by atoms with Crippen LogP contribution in [0.3, 0.4) is 0 Å². The molecule has 6 nitrogen and oxygen atoms in total. The molecule has 2 aromatic heterocycles. The number of carbonyl (C=O) groups excluding carboxylic acids is 1. The summed E-state index contributed by atoms with van der Waals surface area (Å²) in [6.45, 7) is 2.80. The minimum absolute atomic E-state index is 0.335. The maximum absolute atomic E-state index is 11.2. The third kappa shape index (κ3) is 1.69. The molecule has 0 aromatic carbocycles. The molecule has 6 heteroatoms. The van der Waals surface area contributed by atoms with Gasteiger partial charge in [-0.3, -0.25) is 0 Å². The van der Waals surface area contributed by atoms with Crippen molar-refractivity contribution in [2.45, 2.75) is 13.5 Å². The molecule has 0 radical (unpaired) electrons. The zero-order valence-electron chi connectivity index (χ0n) is 9.10. The molecule has 0 fully saturated rings. The van der Waals surface area contributed by atoms with Gasteiger partial charge in [0, 0.05) is 6.54 Å². The van der Waals surface area contributed by atoms with Crippen LogP contribution in [0.2, 0.25) is 0 Å². The van der Waals surface area contributed by atoms with Crippen LogP contribution >= 0.6 is 0 Å². The number of H-pyrrole nitrogens is 1. The molecule has 0 atom stereocenters. The summed E-state index contributed by atoms with van der Waals surface area (Å²) in [5, 5.41) is 0. The van der Waals surface area contributed by atoms with Crippen LogP contribution in [-0.2, 0) is 11.3 Å². The van der Waals surface area contributed by atoms with Crippen LogP contribution in [-0.4, -0.2) is 32.6 Å². The Labute approximate surface area is 92.3 Å². The first kappa shape index (κ1) is 10.4. The molecule has 0 unspecified atom stereocenters. The number of hydrogen-bond acceptors (Lipinski definition) is 4. The van der Waals surface area contributed by atoms with Crippen molar-refractivity contribution in [2.75, 3.05) is 7.11 Å². The Balaban J connectivity index is 2.35. The lowest BCUT2D eigenvalue weighted by Crippen LogP contribution is -2.01. The molecule has 0 aliphatic rings. The second-order valence-corrected chi connectivity index (χ2v) is 3.20. The van der Waals surface area contributed by atoms with Gasteiger partial charge in [-0.25, -0.2) is 14.8 Å². The first-order chi connectivity index (χ1) is 7.76. The number of aromatic nitrogens is 4. The molecule has 2 heterocycles. The quantitative estimate of drug-likeness (QED) is 0.785. The summed E-state index contributed by atoms with van der Waals surface area (Å²) in [7, 11) is 1.33. The maximum Gasteiger partial charge on any atom is 0.356 e. The second-order valence-electron chi connectivity index (χ2n) is 3.20. The molecule has 1 N–H and O–H groups in total. The van der Waals surface area contributed by atoms with Gasteiger partial charge in [0.25, 0.3) is 0 Å². The van der Waals surface area contributed by atoms with Gasteiger partial charge in [0.05, 0.1) is 25.8 Å². The molecule has 2 aromatic rings. The minimum atomic E-state index is -0.429. The van der Waals surface area contributed by atoms with Crippen LogP contribution < -0.4 is 0 Å². The van der Waals surface area contributed by atoms with E-state index in [1.54, 1.807) is 12.5 Å². The average Bonchev–Trinajstić information content (AvgIpc) is 2.95. The van der Waals surface area contributed by atoms with E-state index in [1.165, 1.54) is 13.3 Å². The molecule has 0 saturated carbocycles. The third-order valence-corrected chi connectivity index (χ3v) is 2.28. The van der Waals surface area contributed by atoms with Crippen LogP contribution in [0.1, 0.15) is 17.4 Å². The van der Waals surface area contributed by atoms with Gasteiger partial charge >= 0.3 is 5.97 Å². The lowest BCUT2D eigenvalue weighted by atomic mass is 10.4. The summed E-state index contributed by atoms with van der Waals surface area (Å²) in [6, 6.07) is 0. The normalized spacial score (nSPS) is 10.4. The molecule has 16 heavy (non-hydrogen) atoms. The van der Waals surface area contributed by atoms with Gasteiger partial charge in [-0.15, -0.1) is 0 Å². The number of rotatable bonds is 3. The van der Waals surface area contributed by atoms with E-state index in [4.69, 9.17) is 0 Å². The minimum Gasteiger partial charge on any atom is -0.464 e. The van der Waals surface area contributed by atoms with Crippen LogP contribution in [0.4, 0.5) is 0 Å². The summed E-state index contributed by atoms with van der Waals surface area (Å²) in [4.78, 5) is 22.3. The Hall–Kier alpha value is -2.11. The van der Waals surface area contributed by atoms with Gasteiger partial charge < -0.3 is 14.3 Å². The lowest BCUT2D eigenvalue weighted by Gasteiger charge is -2.00. The second kappa shape index (κ2) is 4.18. The van der Waals surface area contributed by atoms with E-state index in [-0.39, 0.29) is 0 Å². The first-order valence-corrected chi connectivity index (χ1v) is 4.90. The Morgan fingerprint density at radius 2 is 2.38 bits per heavy atom. The van der Waals surface area contributed by atoms with Gasteiger partial charge in [-0.05, 0) is 6.92 Å². The molecule has 0 saturated heterocycles. The van der Waals surface area contributed by atoms with Gasteiger partial charge in [-0.2, -0.15) is 0 Å². The van der Waals surface area contributed by atoms with Crippen molar-refractivity contribution in [1.29, 1.82) is 0 Å². The third-order valence-electron chi connectivity index (χ3n) is 2.28. The topological polar surface area (TPSA) is 72.8 Å². The van der Waals surface area contributed by atoms with Crippen LogP contribution in [0.15, 0.2) is 18.7 Å². The van der Waals surface area contributed by atoms with E-state index in [1.807, 2.05) is 11.5 Å². The number of aromatic amines is 1. The molecule has 0 amide bonds.